The maximum Gasteiger partial charge on any atom is 0.341 e. The molecule has 0 aliphatic carbocycles. The highest BCUT2D eigenvalue weighted by molar-refractivity contribution is 8.00. The number of nitrogens with zero attached hydrogens (tertiary/aromatic N) is 1. The van der Waals surface area contributed by atoms with Crippen LogP contribution in [-0.2, 0) is 9.53 Å². The van der Waals surface area contributed by atoms with Gasteiger partial charge in [-0.05, 0) is 43.5 Å². The standard InChI is InChI=1S/C28H28N2O4S2/c1-5-22(36-23-15-17(3)19-13-10-14-21(33-4)25(19)29-23)26(31)30-27-24(28(32)34-6-2)20(16-35-27)18-11-8-7-9-12-18/h7-16,22H,5-6H2,1-4H3,(H,30,31). The van der Waals surface area contributed by atoms with Crippen LogP contribution in [-0.4, -0.2) is 35.8 Å². The number of pyridine rings is 1. The van der Waals surface area contributed by atoms with E-state index in [4.69, 9.17) is 14.5 Å². The second kappa shape index (κ2) is 11.6. The molecule has 1 N–H and O–H groups in total. The number of thioether (sulfide) groups is 1. The fourth-order valence-corrected chi connectivity index (χ4v) is 5.91. The second-order valence-electron chi connectivity index (χ2n) is 8.08. The van der Waals surface area contributed by atoms with Gasteiger partial charge >= 0.3 is 5.97 Å². The van der Waals surface area contributed by atoms with Gasteiger partial charge < -0.3 is 14.8 Å². The van der Waals surface area contributed by atoms with E-state index >= 15 is 0 Å². The number of para-hydroxylation sites is 1. The molecular weight excluding hydrogens is 492 g/mol. The summed E-state index contributed by atoms with van der Waals surface area (Å²) < 4.78 is 10.8. The van der Waals surface area contributed by atoms with Crippen LogP contribution in [0.25, 0.3) is 22.0 Å². The summed E-state index contributed by atoms with van der Waals surface area (Å²) in [5.74, 6) is 0.0586. The molecule has 1 atom stereocenters. The van der Waals surface area contributed by atoms with Crippen molar-refractivity contribution in [3.63, 3.8) is 0 Å². The molecule has 2 aromatic heterocycles. The average molecular weight is 521 g/mol. The highest BCUT2D eigenvalue weighted by Gasteiger charge is 2.26. The number of aromatic nitrogens is 1. The normalized spacial score (nSPS) is 11.8. The SMILES string of the molecule is CCOC(=O)c1c(-c2ccccc2)csc1NC(=O)C(CC)Sc1cc(C)c2cccc(OC)c2n1. The van der Waals surface area contributed by atoms with Crippen LogP contribution >= 0.6 is 23.1 Å². The molecule has 0 radical (unpaired) electrons. The Morgan fingerprint density at radius 2 is 1.89 bits per heavy atom. The van der Waals surface area contributed by atoms with Crippen molar-refractivity contribution in [1.29, 1.82) is 0 Å². The molecule has 1 unspecified atom stereocenters. The quantitative estimate of drug-likeness (QED) is 0.190. The van der Waals surface area contributed by atoms with E-state index in [2.05, 4.69) is 5.32 Å². The number of hydrogen-bond donors (Lipinski definition) is 1. The predicted octanol–water partition coefficient (Wildman–Crippen LogP) is 6.97. The molecule has 0 aliphatic rings. The lowest BCUT2D eigenvalue weighted by atomic mass is 10.0. The predicted molar refractivity (Wildman–Crippen MR) is 147 cm³/mol. The first-order valence-corrected chi connectivity index (χ1v) is 13.5. The van der Waals surface area contributed by atoms with Gasteiger partial charge in [-0.25, -0.2) is 9.78 Å². The molecule has 6 nitrogen and oxygen atoms in total. The van der Waals surface area contributed by atoms with Crippen molar-refractivity contribution in [3.8, 4) is 16.9 Å². The molecule has 4 rings (SSSR count). The topological polar surface area (TPSA) is 77.5 Å². The van der Waals surface area contributed by atoms with E-state index in [0.29, 0.717) is 22.7 Å². The summed E-state index contributed by atoms with van der Waals surface area (Å²) in [7, 11) is 1.62. The third-order valence-electron chi connectivity index (χ3n) is 5.72. The van der Waals surface area contributed by atoms with Gasteiger partial charge in [-0.3, -0.25) is 4.79 Å². The van der Waals surface area contributed by atoms with Gasteiger partial charge in [0.15, 0.2) is 0 Å². The van der Waals surface area contributed by atoms with Crippen LogP contribution in [0, 0.1) is 6.92 Å². The van der Waals surface area contributed by atoms with E-state index in [-0.39, 0.29) is 12.5 Å². The molecule has 0 bridgehead atoms. The first-order valence-electron chi connectivity index (χ1n) is 11.7. The zero-order valence-corrected chi connectivity index (χ0v) is 22.3. The van der Waals surface area contributed by atoms with E-state index < -0.39 is 11.2 Å². The van der Waals surface area contributed by atoms with Crippen molar-refractivity contribution in [2.75, 3.05) is 19.0 Å². The Bertz CT molecular complexity index is 1390. The number of fused-ring (bicyclic) bond motifs is 1. The minimum absolute atomic E-state index is 0.186. The van der Waals surface area contributed by atoms with Crippen molar-refractivity contribution >= 4 is 50.9 Å². The van der Waals surface area contributed by atoms with E-state index in [1.54, 1.807) is 14.0 Å². The number of thiophene rings is 1. The Balaban J connectivity index is 1.62. The van der Waals surface area contributed by atoms with E-state index in [0.717, 1.165) is 32.6 Å². The summed E-state index contributed by atoms with van der Waals surface area (Å²) in [5.41, 5.74) is 3.85. The Morgan fingerprint density at radius 3 is 2.58 bits per heavy atom. The van der Waals surface area contributed by atoms with Gasteiger partial charge in [0.05, 0.1) is 24.0 Å². The van der Waals surface area contributed by atoms with Gasteiger partial charge in [-0.15, -0.1) is 11.3 Å². The lowest BCUT2D eigenvalue weighted by molar-refractivity contribution is -0.115. The maximum atomic E-state index is 13.4. The Labute approximate surface area is 219 Å². The molecule has 0 saturated carbocycles. The van der Waals surface area contributed by atoms with Crippen molar-refractivity contribution in [2.45, 2.75) is 37.5 Å². The molecule has 36 heavy (non-hydrogen) atoms. The van der Waals surface area contributed by atoms with Crippen LogP contribution in [0.5, 0.6) is 5.75 Å². The lowest BCUT2D eigenvalue weighted by Crippen LogP contribution is -2.25. The molecule has 0 spiro atoms. The second-order valence-corrected chi connectivity index (χ2v) is 10.2. The molecule has 0 aliphatic heterocycles. The number of esters is 1. The number of rotatable bonds is 9. The van der Waals surface area contributed by atoms with Crippen molar-refractivity contribution in [2.24, 2.45) is 0 Å². The molecule has 0 fully saturated rings. The number of hydrogen-bond acceptors (Lipinski definition) is 7. The maximum absolute atomic E-state index is 13.4. The summed E-state index contributed by atoms with van der Waals surface area (Å²) in [5, 5.41) is 6.72. The minimum Gasteiger partial charge on any atom is -0.494 e. The fourth-order valence-electron chi connectivity index (χ4n) is 3.93. The van der Waals surface area contributed by atoms with Gasteiger partial charge in [-0.2, -0.15) is 0 Å². The minimum atomic E-state index is -0.451. The van der Waals surface area contributed by atoms with Gasteiger partial charge in [0.2, 0.25) is 5.91 Å². The smallest absolute Gasteiger partial charge is 0.341 e. The van der Waals surface area contributed by atoms with Crippen LogP contribution in [0.15, 0.2) is 65.0 Å². The third kappa shape index (κ3) is 5.39. The lowest BCUT2D eigenvalue weighted by Gasteiger charge is -2.16. The largest absolute Gasteiger partial charge is 0.494 e. The van der Waals surface area contributed by atoms with Gasteiger partial charge in [0.1, 0.15) is 21.8 Å². The van der Waals surface area contributed by atoms with Crippen LogP contribution in [0.1, 0.15) is 36.2 Å². The van der Waals surface area contributed by atoms with Gasteiger partial charge in [0.25, 0.3) is 0 Å². The van der Waals surface area contributed by atoms with Crippen LogP contribution in [0.3, 0.4) is 0 Å². The molecule has 2 aromatic carbocycles. The first kappa shape index (κ1) is 25.7. The summed E-state index contributed by atoms with van der Waals surface area (Å²) in [6.07, 6.45) is 0.590. The number of anilines is 1. The van der Waals surface area contributed by atoms with Crippen molar-refractivity contribution in [1.82, 2.24) is 4.98 Å². The van der Waals surface area contributed by atoms with Gasteiger partial charge in [0, 0.05) is 16.3 Å². The Morgan fingerprint density at radius 1 is 1.11 bits per heavy atom. The molecular formula is C28H28N2O4S2. The number of nitrogens with one attached hydrogen (secondary N) is 1. The summed E-state index contributed by atoms with van der Waals surface area (Å²) in [4.78, 5) is 31.0. The molecule has 1 amide bonds. The van der Waals surface area contributed by atoms with E-state index in [1.165, 1.54) is 23.1 Å². The third-order valence-corrected chi connectivity index (χ3v) is 7.90. The number of ether oxygens (including phenoxy) is 2. The molecule has 4 aromatic rings. The first-order chi connectivity index (χ1) is 17.5. The highest BCUT2D eigenvalue weighted by atomic mass is 32.2. The van der Waals surface area contributed by atoms with Crippen molar-refractivity contribution in [3.05, 3.63) is 71.1 Å². The van der Waals surface area contributed by atoms with Gasteiger partial charge in [-0.1, -0.05) is 61.2 Å². The number of amides is 1. The average Bonchev–Trinajstić information content (AvgIpc) is 3.31. The summed E-state index contributed by atoms with van der Waals surface area (Å²) >= 11 is 2.72. The number of benzene rings is 2. The zero-order chi connectivity index (χ0) is 25.7. The number of carbonyl (C=O) groups is 2. The zero-order valence-electron chi connectivity index (χ0n) is 20.7. The highest BCUT2D eigenvalue weighted by Crippen LogP contribution is 2.37. The summed E-state index contributed by atoms with van der Waals surface area (Å²) in [6, 6.07) is 17.4. The monoisotopic (exact) mass is 520 g/mol. The van der Waals surface area contributed by atoms with E-state index in [9.17, 15) is 9.59 Å². The Kier molecular flexibility index (Phi) is 8.28. The van der Waals surface area contributed by atoms with Crippen LogP contribution in [0.2, 0.25) is 0 Å². The number of carbonyl (C=O) groups excluding carboxylic acids is 2. The van der Waals surface area contributed by atoms with Crippen molar-refractivity contribution < 1.29 is 19.1 Å². The molecule has 186 valence electrons. The van der Waals surface area contributed by atoms with E-state index in [1.807, 2.05) is 73.8 Å². The van der Waals surface area contributed by atoms with Crippen LogP contribution in [0.4, 0.5) is 5.00 Å². The number of methoxy groups -OCH3 is 1. The Hall–Kier alpha value is -3.36. The molecule has 0 saturated heterocycles. The summed E-state index contributed by atoms with van der Waals surface area (Å²) in [6.45, 7) is 6.00. The molecule has 8 heteroatoms. The van der Waals surface area contributed by atoms with Crippen LogP contribution < -0.4 is 10.1 Å². The fraction of sp³-hybridized carbons (Fsp3) is 0.250. The number of aryl methyl sites for hydroxylation is 1. The molecule has 2 heterocycles.